The van der Waals surface area contributed by atoms with Gasteiger partial charge in [-0.2, -0.15) is 13.2 Å². The van der Waals surface area contributed by atoms with Gasteiger partial charge in [0.1, 0.15) is 6.54 Å². The third kappa shape index (κ3) is 4.16. The van der Waals surface area contributed by atoms with Gasteiger partial charge in [-0.25, -0.2) is 0 Å². The molecule has 7 heteroatoms. The summed E-state index contributed by atoms with van der Waals surface area (Å²) in [7, 11) is 0. The number of carbonyl (C=O) groups excluding carboxylic acids is 1. The van der Waals surface area contributed by atoms with Crippen molar-refractivity contribution >= 4 is 5.91 Å². The molecule has 0 aliphatic carbocycles. The molecule has 1 saturated heterocycles. The molecular formula is C10H17F3N2O2. The SMILES string of the molecule is CC1CCNC1C(=O)N(CCO)CC(F)(F)F. The van der Waals surface area contributed by atoms with Crippen LogP contribution in [0.4, 0.5) is 13.2 Å². The molecule has 0 spiro atoms. The van der Waals surface area contributed by atoms with E-state index in [9.17, 15) is 18.0 Å². The molecule has 17 heavy (non-hydrogen) atoms. The van der Waals surface area contributed by atoms with E-state index in [-0.39, 0.29) is 12.5 Å². The third-order valence-electron chi connectivity index (χ3n) is 2.85. The highest BCUT2D eigenvalue weighted by atomic mass is 19.4. The van der Waals surface area contributed by atoms with Gasteiger partial charge in [-0.1, -0.05) is 6.92 Å². The summed E-state index contributed by atoms with van der Waals surface area (Å²) in [6, 6.07) is -0.566. The first-order valence-electron chi connectivity index (χ1n) is 5.55. The summed E-state index contributed by atoms with van der Waals surface area (Å²) in [4.78, 5) is 12.5. The van der Waals surface area contributed by atoms with Crippen molar-refractivity contribution in [3.05, 3.63) is 0 Å². The normalized spacial score (nSPS) is 25.0. The fourth-order valence-corrected chi connectivity index (χ4v) is 1.97. The van der Waals surface area contributed by atoms with Crippen molar-refractivity contribution in [3.63, 3.8) is 0 Å². The third-order valence-corrected chi connectivity index (χ3v) is 2.85. The summed E-state index contributed by atoms with van der Waals surface area (Å²) < 4.78 is 36.8. The summed E-state index contributed by atoms with van der Waals surface area (Å²) in [6.45, 7) is 0.396. The maximum absolute atomic E-state index is 12.3. The van der Waals surface area contributed by atoms with Gasteiger partial charge < -0.3 is 15.3 Å². The summed E-state index contributed by atoms with van der Waals surface area (Å²) >= 11 is 0. The number of nitrogens with zero attached hydrogens (tertiary/aromatic N) is 1. The largest absolute Gasteiger partial charge is 0.406 e. The van der Waals surface area contributed by atoms with Gasteiger partial charge in [0.2, 0.25) is 5.91 Å². The Hall–Kier alpha value is -0.820. The topological polar surface area (TPSA) is 52.6 Å². The molecule has 0 bridgehead atoms. The average Bonchev–Trinajstić information content (AvgIpc) is 2.61. The molecule has 1 amide bonds. The molecule has 1 heterocycles. The Balaban J connectivity index is 2.66. The van der Waals surface area contributed by atoms with Crippen molar-refractivity contribution in [3.8, 4) is 0 Å². The second-order valence-electron chi connectivity index (χ2n) is 4.30. The van der Waals surface area contributed by atoms with Gasteiger partial charge in [0.25, 0.3) is 0 Å². The fourth-order valence-electron chi connectivity index (χ4n) is 1.97. The van der Waals surface area contributed by atoms with Crippen LogP contribution in [-0.4, -0.2) is 54.4 Å². The minimum atomic E-state index is -4.44. The Morgan fingerprint density at radius 1 is 1.53 bits per heavy atom. The molecule has 0 aromatic heterocycles. The van der Waals surface area contributed by atoms with Crippen molar-refractivity contribution in [1.29, 1.82) is 0 Å². The highest BCUT2D eigenvalue weighted by Crippen LogP contribution is 2.20. The number of hydrogen-bond donors (Lipinski definition) is 2. The summed E-state index contributed by atoms with van der Waals surface area (Å²) in [5, 5.41) is 11.6. The first-order chi connectivity index (χ1) is 7.85. The number of rotatable bonds is 4. The Bertz CT molecular complexity index is 271. The smallest absolute Gasteiger partial charge is 0.395 e. The maximum Gasteiger partial charge on any atom is 0.406 e. The fraction of sp³-hybridized carbons (Fsp3) is 0.900. The van der Waals surface area contributed by atoms with E-state index in [4.69, 9.17) is 5.11 Å². The van der Waals surface area contributed by atoms with Gasteiger partial charge in [0.15, 0.2) is 0 Å². The van der Waals surface area contributed by atoms with Gasteiger partial charge in [0.05, 0.1) is 12.6 Å². The second kappa shape index (κ2) is 5.68. The van der Waals surface area contributed by atoms with Crippen LogP contribution in [0.5, 0.6) is 0 Å². The van der Waals surface area contributed by atoms with Crippen LogP contribution in [0.25, 0.3) is 0 Å². The molecule has 1 fully saturated rings. The van der Waals surface area contributed by atoms with Crippen molar-refractivity contribution in [2.24, 2.45) is 5.92 Å². The van der Waals surface area contributed by atoms with Crippen LogP contribution < -0.4 is 5.32 Å². The van der Waals surface area contributed by atoms with E-state index in [1.165, 1.54) is 0 Å². The zero-order chi connectivity index (χ0) is 13.1. The van der Waals surface area contributed by atoms with Crippen LogP contribution in [0.3, 0.4) is 0 Å². The monoisotopic (exact) mass is 254 g/mol. The van der Waals surface area contributed by atoms with E-state index in [2.05, 4.69) is 5.32 Å². The molecule has 2 atom stereocenters. The van der Waals surface area contributed by atoms with Crippen molar-refractivity contribution in [2.45, 2.75) is 25.6 Å². The van der Waals surface area contributed by atoms with Gasteiger partial charge >= 0.3 is 6.18 Å². The lowest BCUT2D eigenvalue weighted by molar-refractivity contribution is -0.163. The van der Waals surface area contributed by atoms with Gasteiger partial charge in [0, 0.05) is 6.54 Å². The van der Waals surface area contributed by atoms with E-state index >= 15 is 0 Å². The molecule has 1 aliphatic rings. The number of aliphatic hydroxyl groups is 1. The second-order valence-corrected chi connectivity index (χ2v) is 4.30. The predicted molar refractivity (Wildman–Crippen MR) is 55.3 cm³/mol. The summed E-state index contributed by atoms with van der Waals surface area (Å²) in [5.74, 6) is -0.557. The molecule has 1 rings (SSSR count). The quantitative estimate of drug-likeness (QED) is 0.762. The highest BCUT2D eigenvalue weighted by molar-refractivity contribution is 5.82. The number of amides is 1. The van der Waals surface area contributed by atoms with E-state index in [1.807, 2.05) is 6.92 Å². The minimum absolute atomic E-state index is 0.0249. The van der Waals surface area contributed by atoms with Crippen molar-refractivity contribution in [1.82, 2.24) is 10.2 Å². The Morgan fingerprint density at radius 2 is 2.18 bits per heavy atom. The minimum Gasteiger partial charge on any atom is -0.395 e. The van der Waals surface area contributed by atoms with Gasteiger partial charge in [-0.05, 0) is 18.9 Å². The first kappa shape index (κ1) is 14.2. The van der Waals surface area contributed by atoms with E-state index in [0.717, 1.165) is 6.42 Å². The van der Waals surface area contributed by atoms with Crippen LogP contribution in [0.1, 0.15) is 13.3 Å². The van der Waals surface area contributed by atoms with Crippen LogP contribution >= 0.6 is 0 Å². The molecule has 0 radical (unpaired) electrons. The van der Waals surface area contributed by atoms with Crippen LogP contribution in [0.2, 0.25) is 0 Å². The molecule has 1 aliphatic heterocycles. The molecule has 2 N–H and O–H groups in total. The number of alkyl halides is 3. The number of halogens is 3. The first-order valence-corrected chi connectivity index (χ1v) is 5.55. The van der Waals surface area contributed by atoms with E-state index in [0.29, 0.717) is 11.4 Å². The number of hydrogen-bond acceptors (Lipinski definition) is 3. The predicted octanol–water partition coefficient (Wildman–Crippen LogP) is 0.368. The zero-order valence-corrected chi connectivity index (χ0v) is 9.63. The van der Waals surface area contributed by atoms with Crippen molar-refractivity contribution in [2.75, 3.05) is 26.2 Å². The number of carbonyl (C=O) groups is 1. The van der Waals surface area contributed by atoms with E-state index < -0.39 is 31.3 Å². The van der Waals surface area contributed by atoms with Crippen LogP contribution in [0.15, 0.2) is 0 Å². The molecular weight excluding hydrogens is 237 g/mol. The lowest BCUT2D eigenvalue weighted by Gasteiger charge is -2.27. The van der Waals surface area contributed by atoms with Crippen LogP contribution in [-0.2, 0) is 4.79 Å². The standard InChI is InChI=1S/C10H17F3N2O2/c1-7-2-3-14-8(7)9(17)15(4-5-16)6-10(11,12)13/h7-8,14,16H,2-6H2,1H3. The molecule has 2 unspecified atom stereocenters. The van der Waals surface area contributed by atoms with Crippen molar-refractivity contribution < 1.29 is 23.1 Å². The molecule has 0 saturated carbocycles. The Labute approximate surface area is 97.8 Å². The maximum atomic E-state index is 12.3. The van der Waals surface area contributed by atoms with Gasteiger partial charge in [-0.3, -0.25) is 4.79 Å². The zero-order valence-electron chi connectivity index (χ0n) is 9.63. The molecule has 0 aromatic rings. The van der Waals surface area contributed by atoms with Crippen LogP contribution in [0, 0.1) is 5.92 Å². The lowest BCUT2D eigenvalue weighted by Crippen LogP contribution is -2.49. The summed E-state index contributed by atoms with van der Waals surface area (Å²) in [6.07, 6.45) is -3.66. The lowest BCUT2D eigenvalue weighted by atomic mass is 10.0. The summed E-state index contributed by atoms with van der Waals surface area (Å²) in [5.41, 5.74) is 0. The average molecular weight is 254 g/mol. The molecule has 4 nitrogen and oxygen atoms in total. The number of aliphatic hydroxyl groups excluding tert-OH is 1. The number of nitrogens with one attached hydrogen (secondary N) is 1. The Kier molecular flexibility index (Phi) is 4.76. The Morgan fingerprint density at radius 3 is 2.59 bits per heavy atom. The molecule has 0 aromatic carbocycles. The van der Waals surface area contributed by atoms with Gasteiger partial charge in [-0.15, -0.1) is 0 Å². The molecule has 100 valence electrons. The van der Waals surface area contributed by atoms with E-state index in [1.54, 1.807) is 0 Å². The highest BCUT2D eigenvalue weighted by Gasteiger charge is 2.38.